The van der Waals surface area contributed by atoms with Crippen LogP contribution in [0.2, 0.25) is 0 Å². The number of benzene rings is 3. The quantitative estimate of drug-likeness (QED) is 0.372. The molecule has 0 nitrogen and oxygen atoms in total. The van der Waals surface area contributed by atoms with Crippen molar-refractivity contribution in [3.63, 3.8) is 0 Å². The second-order valence-corrected chi connectivity index (χ2v) is 10.2. The van der Waals surface area contributed by atoms with Gasteiger partial charge >= 0.3 is 0 Å². The van der Waals surface area contributed by atoms with E-state index in [4.69, 9.17) is 0 Å². The van der Waals surface area contributed by atoms with Crippen LogP contribution in [0.3, 0.4) is 0 Å². The van der Waals surface area contributed by atoms with Crippen LogP contribution < -0.4 is 0 Å². The second kappa shape index (κ2) is 9.90. The zero-order valence-electron chi connectivity index (χ0n) is 20.3. The van der Waals surface area contributed by atoms with E-state index in [9.17, 15) is 0 Å². The maximum atomic E-state index is 4.48. The first kappa shape index (κ1) is 22.6. The summed E-state index contributed by atoms with van der Waals surface area (Å²) < 4.78 is 0. The van der Waals surface area contributed by atoms with Crippen molar-refractivity contribution in [2.75, 3.05) is 0 Å². The molecule has 4 rings (SSSR count). The standard InChI is InChI=1S/C32H38/c1-6-26-10-16-29(17-11-26)32-9-7-8-31(25(32)5)24(4)21-27-12-14-28(15-13-27)30-19-22(2)18-23(3)20-30/h7-17,22-23,30H,4,6,18-21H2,1-3,5H3. The van der Waals surface area contributed by atoms with E-state index in [0.717, 1.165) is 30.6 Å². The molecule has 2 atom stereocenters. The molecule has 32 heavy (non-hydrogen) atoms. The van der Waals surface area contributed by atoms with Gasteiger partial charge in [-0.15, -0.1) is 0 Å². The van der Waals surface area contributed by atoms with Gasteiger partial charge in [0.15, 0.2) is 0 Å². The average Bonchev–Trinajstić information content (AvgIpc) is 2.79. The molecule has 3 aromatic carbocycles. The van der Waals surface area contributed by atoms with Gasteiger partial charge in [0.1, 0.15) is 0 Å². The predicted octanol–water partition coefficient (Wildman–Crippen LogP) is 9.02. The van der Waals surface area contributed by atoms with Gasteiger partial charge < -0.3 is 0 Å². The Kier molecular flexibility index (Phi) is 6.99. The minimum Gasteiger partial charge on any atom is -0.0949 e. The maximum Gasteiger partial charge on any atom is -0.00256 e. The fourth-order valence-corrected chi connectivity index (χ4v) is 5.72. The molecule has 1 fully saturated rings. The molecule has 3 aromatic rings. The van der Waals surface area contributed by atoms with Crippen molar-refractivity contribution >= 4 is 5.57 Å². The van der Waals surface area contributed by atoms with Gasteiger partial charge in [-0.3, -0.25) is 0 Å². The SMILES string of the molecule is C=C(Cc1ccc(C2CC(C)CC(C)C2)cc1)c1cccc(-c2ccc(CC)cc2)c1C. The van der Waals surface area contributed by atoms with Crippen LogP contribution in [0.5, 0.6) is 0 Å². The minimum absolute atomic E-state index is 0.726. The molecule has 0 aromatic heterocycles. The predicted molar refractivity (Wildman–Crippen MR) is 140 cm³/mol. The first-order valence-electron chi connectivity index (χ1n) is 12.4. The zero-order valence-corrected chi connectivity index (χ0v) is 20.3. The van der Waals surface area contributed by atoms with E-state index in [0.29, 0.717) is 0 Å². The van der Waals surface area contributed by atoms with E-state index in [-0.39, 0.29) is 0 Å². The Morgan fingerprint density at radius 2 is 1.44 bits per heavy atom. The van der Waals surface area contributed by atoms with Crippen LogP contribution in [0.1, 0.15) is 73.8 Å². The van der Waals surface area contributed by atoms with E-state index in [1.807, 2.05) is 0 Å². The summed E-state index contributed by atoms with van der Waals surface area (Å²) in [6.45, 7) is 13.7. The van der Waals surface area contributed by atoms with Crippen LogP contribution in [-0.4, -0.2) is 0 Å². The average molecular weight is 423 g/mol. The molecular formula is C32H38. The third kappa shape index (κ3) is 5.07. The third-order valence-corrected chi connectivity index (χ3v) is 7.44. The first-order valence-corrected chi connectivity index (χ1v) is 12.4. The zero-order chi connectivity index (χ0) is 22.7. The highest BCUT2D eigenvalue weighted by molar-refractivity contribution is 5.77. The molecule has 1 aliphatic rings. The van der Waals surface area contributed by atoms with Gasteiger partial charge in [0.2, 0.25) is 0 Å². The Morgan fingerprint density at radius 1 is 0.812 bits per heavy atom. The maximum absolute atomic E-state index is 4.48. The summed E-state index contributed by atoms with van der Waals surface area (Å²) in [7, 11) is 0. The largest absolute Gasteiger partial charge is 0.0949 e. The van der Waals surface area contributed by atoms with Crippen molar-refractivity contribution in [3.05, 3.63) is 101 Å². The van der Waals surface area contributed by atoms with Crippen LogP contribution in [0.25, 0.3) is 16.7 Å². The lowest BCUT2D eigenvalue weighted by atomic mass is 9.74. The van der Waals surface area contributed by atoms with E-state index in [2.05, 4.69) is 101 Å². The Bertz CT molecular complexity index is 1040. The van der Waals surface area contributed by atoms with Crippen LogP contribution in [0, 0.1) is 18.8 Å². The summed E-state index contributed by atoms with van der Waals surface area (Å²) in [6.07, 6.45) is 6.03. The van der Waals surface area contributed by atoms with Gasteiger partial charge in [0.05, 0.1) is 0 Å². The molecule has 0 aliphatic heterocycles. The fraction of sp³-hybridized carbons (Fsp3) is 0.375. The summed E-state index contributed by atoms with van der Waals surface area (Å²) in [4.78, 5) is 0. The molecule has 0 amide bonds. The van der Waals surface area contributed by atoms with E-state index >= 15 is 0 Å². The molecule has 0 heteroatoms. The normalized spacial score (nSPS) is 20.8. The number of allylic oxidation sites excluding steroid dienone is 1. The highest BCUT2D eigenvalue weighted by Gasteiger charge is 2.24. The van der Waals surface area contributed by atoms with E-state index in [1.165, 1.54) is 63.8 Å². The fourth-order valence-electron chi connectivity index (χ4n) is 5.72. The summed E-state index contributed by atoms with van der Waals surface area (Å²) in [5, 5.41) is 0. The molecule has 0 saturated heterocycles. The molecule has 1 aliphatic carbocycles. The van der Waals surface area contributed by atoms with Gasteiger partial charge in [-0.1, -0.05) is 94.1 Å². The Balaban J connectivity index is 1.49. The first-order chi connectivity index (χ1) is 15.4. The van der Waals surface area contributed by atoms with Gasteiger partial charge in [-0.2, -0.15) is 0 Å². The van der Waals surface area contributed by atoms with Gasteiger partial charge in [0.25, 0.3) is 0 Å². The monoisotopic (exact) mass is 422 g/mol. The van der Waals surface area contributed by atoms with Crippen molar-refractivity contribution in [1.82, 2.24) is 0 Å². The smallest absolute Gasteiger partial charge is 0.00256 e. The lowest BCUT2D eigenvalue weighted by molar-refractivity contribution is 0.268. The summed E-state index contributed by atoms with van der Waals surface area (Å²) in [5.74, 6) is 2.41. The molecule has 2 unspecified atom stereocenters. The van der Waals surface area contributed by atoms with E-state index in [1.54, 1.807) is 0 Å². The number of aryl methyl sites for hydroxylation is 1. The Labute approximate surface area is 195 Å². The second-order valence-electron chi connectivity index (χ2n) is 10.2. The third-order valence-electron chi connectivity index (χ3n) is 7.44. The number of hydrogen-bond donors (Lipinski definition) is 0. The summed E-state index contributed by atoms with van der Waals surface area (Å²) in [6, 6.07) is 25.0. The summed E-state index contributed by atoms with van der Waals surface area (Å²) in [5.41, 5.74) is 10.6. The van der Waals surface area contributed by atoms with Crippen molar-refractivity contribution in [1.29, 1.82) is 0 Å². The highest BCUT2D eigenvalue weighted by atomic mass is 14.3. The van der Waals surface area contributed by atoms with Gasteiger partial charge in [-0.05, 0) is 101 Å². The molecule has 0 bridgehead atoms. The molecule has 0 radical (unpaired) electrons. The van der Waals surface area contributed by atoms with Gasteiger partial charge in [-0.25, -0.2) is 0 Å². The lowest BCUT2D eigenvalue weighted by Crippen LogP contribution is -2.18. The summed E-state index contributed by atoms with van der Waals surface area (Å²) >= 11 is 0. The van der Waals surface area contributed by atoms with Gasteiger partial charge in [0, 0.05) is 0 Å². The van der Waals surface area contributed by atoms with Crippen LogP contribution in [-0.2, 0) is 12.8 Å². The molecule has 0 spiro atoms. The number of rotatable bonds is 6. The minimum atomic E-state index is 0.726. The Hall–Kier alpha value is -2.60. The lowest BCUT2D eigenvalue weighted by Gasteiger charge is -2.31. The van der Waals surface area contributed by atoms with Crippen molar-refractivity contribution < 1.29 is 0 Å². The van der Waals surface area contributed by atoms with E-state index < -0.39 is 0 Å². The topological polar surface area (TPSA) is 0 Å². The molecule has 166 valence electrons. The van der Waals surface area contributed by atoms with Crippen LogP contribution in [0.15, 0.2) is 73.3 Å². The molecule has 0 N–H and O–H groups in total. The number of hydrogen-bond acceptors (Lipinski definition) is 0. The van der Waals surface area contributed by atoms with Crippen LogP contribution in [0.4, 0.5) is 0 Å². The molecular weight excluding hydrogens is 384 g/mol. The highest BCUT2D eigenvalue weighted by Crippen LogP contribution is 2.39. The van der Waals surface area contributed by atoms with Crippen molar-refractivity contribution in [3.8, 4) is 11.1 Å². The molecule has 0 heterocycles. The van der Waals surface area contributed by atoms with Crippen molar-refractivity contribution in [2.45, 2.75) is 65.7 Å². The Morgan fingerprint density at radius 3 is 2.06 bits per heavy atom. The van der Waals surface area contributed by atoms with Crippen LogP contribution >= 0.6 is 0 Å². The van der Waals surface area contributed by atoms with Crippen molar-refractivity contribution in [2.24, 2.45) is 11.8 Å². The molecule has 1 saturated carbocycles.